The highest BCUT2D eigenvalue weighted by atomic mass is 16.5. The Morgan fingerprint density at radius 3 is 1.74 bits per heavy atom. The van der Waals surface area contributed by atoms with Gasteiger partial charge in [-0.25, -0.2) is 4.79 Å². The molecule has 1 atom stereocenters. The van der Waals surface area contributed by atoms with E-state index in [0.717, 1.165) is 16.7 Å². The minimum absolute atomic E-state index is 0.182. The van der Waals surface area contributed by atoms with Crippen molar-refractivity contribution in [3.8, 4) is 0 Å². The first-order valence-electron chi connectivity index (χ1n) is 11.3. The van der Waals surface area contributed by atoms with E-state index in [9.17, 15) is 9.59 Å². The van der Waals surface area contributed by atoms with Gasteiger partial charge in [0.05, 0.1) is 19.4 Å². The summed E-state index contributed by atoms with van der Waals surface area (Å²) in [5.74, 6) is -1.18. The molecule has 5 heteroatoms. The fraction of sp³-hybridized carbons (Fsp3) is 0.276. The molecule has 0 spiro atoms. The van der Waals surface area contributed by atoms with Gasteiger partial charge in [-0.3, -0.25) is 9.79 Å². The number of esters is 2. The van der Waals surface area contributed by atoms with Crippen molar-refractivity contribution in [2.75, 3.05) is 13.7 Å². The highest BCUT2D eigenvalue weighted by Gasteiger charge is 2.59. The first-order chi connectivity index (χ1) is 16.3. The number of rotatable bonds is 8. The molecule has 0 fully saturated rings. The number of nitrogens with zero attached hydrogens (tertiary/aromatic N) is 1. The molecule has 0 N–H and O–H groups in total. The molecule has 3 aromatic rings. The topological polar surface area (TPSA) is 65.0 Å². The molecule has 0 saturated carbocycles. The van der Waals surface area contributed by atoms with E-state index in [1.807, 2.05) is 91.9 Å². The van der Waals surface area contributed by atoms with Crippen molar-refractivity contribution in [1.29, 1.82) is 0 Å². The van der Waals surface area contributed by atoms with Crippen molar-refractivity contribution in [1.82, 2.24) is 0 Å². The molecule has 0 radical (unpaired) electrons. The van der Waals surface area contributed by atoms with Gasteiger partial charge in [0, 0.05) is 11.1 Å². The van der Waals surface area contributed by atoms with Gasteiger partial charge in [0.15, 0.2) is 5.54 Å². The van der Waals surface area contributed by atoms with Crippen LogP contribution in [0.3, 0.4) is 0 Å². The third-order valence-corrected chi connectivity index (χ3v) is 6.01. The van der Waals surface area contributed by atoms with E-state index >= 15 is 0 Å². The number of carbonyl (C=O) groups excluding carboxylic acids is 2. The van der Waals surface area contributed by atoms with Crippen molar-refractivity contribution < 1.29 is 19.1 Å². The van der Waals surface area contributed by atoms with Crippen LogP contribution in [0.15, 0.2) is 89.9 Å². The second kappa shape index (κ2) is 10.5. The van der Waals surface area contributed by atoms with Crippen molar-refractivity contribution in [3.63, 3.8) is 0 Å². The summed E-state index contributed by atoms with van der Waals surface area (Å²) in [6, 6.07) is 26.7. The Hall–Kier alpha value is -3.73. The number of benzene rings is 3. The third kappa shape index (κ3) is 4.65. The summed E-state index contributed by atoms with van der Waals surface area (Å²) in [5.41, 5.74) is 0.675. The minimum atomic E-state index is -1.71. The second-order valence-corrected chi connectivity index (χ2v) is 8.61. The maximum absolute atomic E-state index is 13.7. The van der Waals surface area contributed by atoms with Crippen LogP contribution in [0.1, 0.15) is 43.0 Å². The van der Waals surface area contributed by atoms with Crippen LogP contribution in [-0.2, 0) is 24.6 Å². The second-order valence-electron chi connectivity index (χ2n) is 8.61. The van der Waals surface area contributed by atoms with Gasteiger partial charge in [0.25, 0.3) is 0 Å². The molecule has 176 valence electrons. The van der Waals surface area contributed by atoms with E-state index in [2.05, 4.69) is 0 Å². The number of hydrogen-bond donors (Lipinski definition) is 0. The average Bonchev–Trinajstić information content (AvgIpc) is 2.86. The van der Waals surface area contributed by atoms with Gasteiger partial charge in [-0.2, -0.15) is 0 Å². The number of hydrogen-bond acceptors (Lipinski definition) is 5. The smallest absolute Gasteiger partial charge is 0.339 e. The summed E-state index contributed by atoms with van der Waals surface area (Å²) in [6.07, 6.45) is 0. The summed E-state index contributed by atoms with van der Waals surface area (Å²) in [6.45, 7) is 7.24. The fourth-order valence-corrected chi connectivity index (χ4v) is 4.04. The van der Waals surface area contributed by atoms with Crippen LogP contribution < -0.4 is 0 Å². The highest BCUT2D eigenvalue weighted by molar-refractivity contribution is 6.14. The summed E-state index contributed by atoms with van der Waals surface area (Å²) in [4.78, 5) is 32.2. The van der Waals surface area contributed by atoms with E-state index in [4.69, 9.17) is 14.5 Å². The number of aryl methyl sites for hydroxylation is 1. The quantitative estimate of drug-likeness (QED) is 0.331. The van der Waals surface area contributed by atoms with Crippen LogP contribution >= 0.6 is 0 Å². The summed E-state index contributed by atoms with van der Waals surface area (Å²) >= 11 is 0. The zero-order valence-corrected chi connectivity index (χ0v) is 20.4. The molecular weight excluding hydrogens is 426 g/mol. The normalized spacial score (nSPS) is 12.9. The molecule has 3 aromatic carbocycles. The lowest BCUT2D eigenvalue weighted by molar-refractivity contribution is -0.168. The molecule has 0 amide bonds. The molecule has 0 aliphatic heterocycles. The Morgan fingerprint density at radius 2 is 1.29 bits per heavy atom. The number of aliphatic imine (C=N–C) groups is 1. The van der Waals surface area contributed by atoms with Crippen molar-refractivity contribution in [2.24, 2.45) is 10.4 Å². The van der Waals surface area contributed by atoms with Crippen LogP contribution in [-0.4, -0.2) is 31.4 Å². The van der Waals surface area contributed by atoms with Crippen molar-refractivity contribution in [2.45, 2.75) is 33.2 Å². The largest absolute Gasteiger partial charge is 0.467 e. The molecule has 0 aromatic heterocycles. The number of carbonyl (C=O) groups is 2. The standard InChI is InChI=1S/C29H31NO4/c1-6-34-26(31)28(3,4)29(27(32)33-5,24-19-17-21(2)18-20-24)30-25(22-13-9-7-10-14-22)23-15-11-8-12-16-23/h7-20H,6H2,1-5H3. The maximum atomic E-state index is 13.7. The molecule has 0 saturated heterocycles. The average molecular weight is 458 g/mol. The summed E-state index contributed by atoms with van der Waals surface area (Å²) < 4.78 is 10.8. The van der Waals surface area contributed by atoms with Crippen LogP contribution in [0, 0.1) is 12.3 Å². The SMILES string of the molecule is CCOC(=O)C(C)(C)C(N=C(c1ccccc1)c1ccccc1)(C(=O)OC)c1ccc(C)cc1. The van der Waals surface area contributed by atoms with E-state index in [1.165, 1.54) is 7.11 Å². The fourth-order valence-electron chi connectivity index (χ4n) is 4.04. The molecule has 0 bridgehead atoms. The monoisotopic (exact) mass is 457 g/mol. The van der Waals surface area contributed by atoms with Crippen LogP contribution in [0.5, 0.6) is 0 Å². The van der Waals surface area contributed by atoms with Gasteiger partial charge in [0.1, 0.15) is 5.41 Å². The lowest BCUT2D eigenvalue weighted by atomic mass is 9.67. The van der Waals surface area contributed by atoms with Gasteiger partial charge in [-0.15, -0.1) is 0 Å². The van der Waals surface area contributed by atoms with E-state index in [0.29, 0.717) is 11.3 Å². The lowest BCUT2D eigenvalue weighted by Crippen LogP contribution is -2.53. The van der Waals surface area contributed by atoms with Gasteiger partial charge in [0.2, 0.25) is 0 Å². The van der Waals surface area contributed by atoms with Crippen LogP contribution in [0.25, 0.3) is 0 Å². The van der Waals surface area contributed by atoms with E-state index < -0.39 is 22.9 Å². The molecule has 0 aliphatic carbocycles. The molecule has 1 unspecified atom stereocenters. The first-order valence-corrected chi connectivity index (χ1v) is 11.3. The Kier molecular flexibility index (Phi) is 7.67. The zero-order chi connectivity index (χ0) is 24.8. The summed E-state index contributed by atoms with van der Waals surface area (Å²) in [5, 5.41) is 0. The predicted molar refractivity (Wildman–Crippen MR) is 134 cm³/mol. The van der Waals surface area contributed by atoms with Gasteiger partial charge in [-0.1, -0.05) is 90.5 Å². The molecule has 3 rings (SSSR count). The molecule has 0 aliphatic rings. The van der Waals surface area contributed by atoms with Crippen molar-refractivity contribution >= 4 is 17.7 Å². The van der Waals surface area contributed by atoms with E-state index in [1.54, 1.807) is 20.8 Å². The first kappa shape index (κ1) is 24.9. The van der Waals surface area contributed by atoms with Crippen LogP contribution in [0.2, 0.25) is 0 Å². The lowest BCUT2D eigenvalue weighted by Gasteiger charge is -2.40. The van der Waals surface area contributed by atoms with Gasteiger partial charge in [-0.05, 0) is 33.3 Å². The molecular formula is C29H31NO4. The Labute approximate surface area is 201 Å². The predicted octanol–water partition coefficient (Wildman–Crippen LogP) is 5.49. The Bertz CT molecular complexity index is 1110. The molecule has 5 nitrogen and oxygen atoms in total. The zero-order valence-electron chi connectivity index (χ0n) is 20.4. The number of methoxy groups -OCH3 is 1. The molecule has 34 heavy (non-hydrogen) atoms. The van der Waals surface area contributed by atoms with Gasteiger partial charge >= 0.3 is 11.9 Å². The van der Waals surface area contributed by atoms with E-state index in [-0.39, 0.29) is 6.61 Å². The maximum Gasteiger partial charge on any atom is 0.339 e. The van der Waals surface area contributed by atoms with Crippen LogP contribution in [0.4, 0.5) is 0 Å². The minimum Gasteiger partial charge on any atom is -0.467 e. The number of ether oxygens (including phenoxy) is 2. The Balaban J connectivity index is 2.45. The third-order valence-electron chi connectivity index (χ3n) is 6.01. The van der Waals surface area contributed by atoms with Gasteiger partial charge < -0.3 is 9.47 Å². The molecule has 0 heterocycles. The van der Waals surface area contributed by atoms with Crippen molar-refractivity contribution in [3.05, 3.63) is 107 Å². The highest BCUT2D eigenvalue weighted by Crippen LogP contribution is 2.46. The Morgan fingerprint density at radius 1 is 0.794 bits per heavy atom. The summed E-state index contributed by atoms with van der Waals surface area (Å²) in [7, 11) is 1.31.